The summed E-state index contributed by atoms with van der Waals surface area (Å²) in [6, 6.07) is 0.0736. The molecule has 2 fully saturated rings. The number of hydrogen-bond acceptors (Lipinski definition) is 4. The van der Waals surface area contributed by atoms with Crippen LogP contribution in [0.5, 0.6) is 0 Å². The number of carbonyl (C=O) groups is 1. The molecular weight excluding hydrogens is 376 g/mol. The summed E-state index contributed by atoms with van der Waals surface area (Å²) >= 11 is 0. The number of hydrogen-bond donors (Lipinski definition) is 1. The summed E-state index contributed by atoms with van der Waals surface area (Å²) < 4.78 is 1.70. The maximum absolute atomic E-state index is 13.3. The fourth-order valence-electron chi connectivity index (χ4n) is 5.89. The van der Waals surface area contributed by atoms with Gasteiger partial charge in [0.1, 0.15) is 0 Å². The first-order valence-electron chi connectivity index (χ1n) is 11.7. The quantitative estimate of drug-likeness (QED) is 0.840. The van der Waals surface area contributed by atoms with Crippen molar-refractivity contribution in [2.24, 2.45) is 18.9 Å². The third kappa shape index (κ3) is 3.92. The monoisotopic (exact) mass is 410 g/mol. The number of imidazole rings is 1. The van der Waals surface area contributed by atoms with Crippen LogP contribution in [0.2, 0.25) is 0 Å². The van der Waals surface area contributed by atoms with E-state index in [1.807, 2.05) is 13.2 Å². The van der Waals surface area contributed by atoms with Gasteiger partial charge in [0.15, 0.2) is 0 Å². The van der Waals surface area contributed by atoms with E-state index in [9.17, 15) is 4.79 Å². The van der Waals surface area contributed by atoms with E-state index < -0.39 is 0 Å². The second-order valence-electron chi connectivity index (χ2n) is 9.50. The van der Waals surface area contributed by atoms with Crippen LogP contribution < -0.4 is 0 Å². The molecule has 7 nitrogen and oxygen atoms in total. The molecule has 1 N–H and O–H groups in total. The molecule has 3 aliphatic rings. The number of piperidine rings is 1. The van der Waals surface area contributed by atoms with Crippen molar-refractivity contribution in [2.45, 2.75) is 57.4 Å². The second-order valence-corrected chi connectivity index (χ2v) is 9.50. The third-order valence-electron chi connectivity index (χ3n) is 7.50. The minimum absolute atomic E-state index is 0.0736. The highest BCUT2D eigenvalue weighted by atomic mass is 16.2. The molecule has 1 amide bonds. The number of aromatic amines is 1. The number of H-pyrrole nitrogens is 1. The molecule has 1 saturated heterocycles. The second kappa shape index (κ2) is 8.53. The lowest BCUT2D eigenvalue weighted by Gasteiger charge is -2.43. The molecule has 2 aliphatic heterocycles. The van der Waals surface area contributed by atoms with Gasteiger partial charge >= 0.3 is 0 Å². The fraction of sp³-hybridized carbons (Fsp3) is 0.696. The average molecular weight is 411 g/mol. The molecule has 30 heavy (non-hydrogen) atoms. The van der Waals surface area contributed by atoms with Crippen LogP contribution in [0, 0.1) is 11.8 Å². The number of carbonyl (C=O) groups excluding carboxylic acids is 1. The van der Waals surface area contributed by atoms with Gasteiger partial charge in [-0.1, -0.05) is 19.3 Å². The van der Waals surface area contributed by atoms with Crippen molar-refractivity contribution < 1.29 is 4.79 Å². The molecule has 5 rings (SSSR count). The van der Waals surface area contributed by atoms with Crippen LogP contribution in [-0.4, -0.2) is 61.6 Å². The zero-order valence-corrected chi connectivity index (χ0v) is 18.1. The first-order valence-corrected chi connectivity index (χ1v) is 11.7. The lowest BCUT2D eigenvalue weighted by molar-refractivity contribution is 0.0451. The highest BCUT2D eigenvalue weighted by molar-refractivity contribution is 5.94. The van der Waals surface area contributed by atoms with Crippen LogP contribution in [0.25, 0.3) is 0 Å². The van der Waals surface area contributed by atoms with Crippen molar-refractivity contribution in [3.8, 4) is 0 Å². The molecule has 7 heteroatoms. The standard InChI is InChI=1S/C23H34N6O/c1-27-15-19(13-26-27)23(30)29-12-9-20-21(25-16-24-20)22(29)18-7-10-28(11-8-18)14-17-5-3-2-4-6-17/h13,15-18,22H,2-12,14H2,1H3,(H,24,25). The number of rotatable bonds is 4. The van der Waals surface area contributed by atoms with Crippen molar-refractivity contribution in [3.05, 3.63) is 35.7 Å². The van der Waals surface area contributed by atoms with Crippen LogP contribution >= 0.6 is 0 Å². The molecule has 2 aromatic rings. The molecule has 0 bridgehead atoms. The first kappa shape index (κ1) is 19.8. The summed E-state index contributed by atoms with van der Waals surface area (Å²) in [5, 5.41) is 4.21. The van der Waals surface area contributed by atoms with E-state index >= 15 is 0 Å². The van der Waals surface area contributed by atoms with Crippen LogP contribution in [0.3, 0.4) is 0 Å². The van der Waals surface area contributed by atoms with Gasteiger partial charge < -0.3 is 14.8 Å². The highest BCUT2D eigenvalue weighted by Crippen LogP contribution is 2.39. The summed E-state index contributed by atoms with van der Waals surface area (Å²) in [7, 11) is 1.86. The van der Waals surface area contributed by atoms with Crippen molar-refractivity contribution in [1.82, 2.24) is 29.5 Å². The number of amides is 1. The van der Waals surface area contributed by atoms with Crippen molar-refractivity contribution >= 4 is 5.91 Å². The van der Waals surface area contributed by atoms with E-state index in [0.717, 1.165) is 50.5 Å². The van der Waals surface area contributed by atoms with Gasteiger partial charge in [0.25, 0.3) is 5.91 Å². The van der Waals surface area contributed by atoms with Gasteiger partial charge in [0.05, 0.1) is 29.8 Å². The Kier molecular flexibility index (Phi) is 5.63. The van der Waals surface area contributed by atoms with Gasteiger partial charge in [-0.15, -0.1) is 0 Å². The third-order valence-corrected chi connectivity index (χ3v) is 7.50. The Bertz CT molecular complexity index is 859. The highest BCUT2D eigenvalue weighted by Gasteiger charge is 2.40. The van der Waals surface area contributed by atoms with Crippen LogP contribution in [-0.2, 0) is 13.5 Å². The molecule has 0 radical (unpaired) electrons. The Morgan fingerprint density at radius 3 is 2.67 bits per heavy atom. The van der Waals surface area contributed by atoms with E-state index in [4.69, 9.17) is 0 Å². The molecule has 1 saturated carbocycles. The van der Waals surface area contributed by atoms with Crippen molar-refractivity contribution in [2.75, 3.05) is 26.2 Å². The lowest BCUT2D eigenvalue weighted by atomic mass is 9.82. The number of aromatic nitrogens is 4. The van der Waals surface area contributed by atoms with Crippen LogP contribution in [0.1, 0.15) is 72.7 Å². The normalized spacial score (nSPS) is 24.2. The summed E-state index contributed by atoms with van der Waals surface area (Å²) in [5.41, 5.74) is 2.97. The molecule has 2 aromatic heterocycles. The van der Waals surface area contributed by atoms with Crippen LogP contribution in [0.15, 0.2) is 18.7 Å². The average Bonchev–Trinajstić information content (AvgIpc) is 3.43. The Morgan fingerprint density at radius 1 is 1.13 bits per heavy atom. The molecule has 1 atom stereocenters. The Balaban J connectivity index is 1.30. The van der Waals surface area contributed by atoms with E-state index in [0.29, 0.717) is 11.5 Å². The molecular formula is C23H34N6O. The first-order chi connectivity index (χ1) is 14.7. The molecule has 0 spiro atoms. The van der Waals surface area contributed by atoms with Crippen molar-refractivity contribution in [1.29, 1.82) is 0 Å². The number of fused-ring (bicyclic) bond motifs is 1. The van der Waals surface area contributed by atoms with Gasteiger partial charge in [0.2, 0.25) is 0 Å². The van der Waals surface area contributed by atoms with Gasteiger partial charge in [-0.25, -0.2) is 4.98 Å². The lowest BCUT2D eigenvalue weighted by Crippen LogP contribution is -2.47. The zero-order valence-electron chi connectivity index (χ0n) is 18.1. The molecule has 0 aromatic carbocycles. The summed E-state index contributed by atoms with van der Waals surface area (Å²) in [6.45, 7) is 4.30. The number of nitrogens with zero attached hydrogens (tertiary/aromatic N) is 5. The van der Waals surface area contributed by atoms with Gasteiger partial charge in [-0.2, -0.15) is 5.10 Å². The number of nitrogens with one attached hydrogen (secondary N) is 1. The predicted octanol–water partition coefficient (Wildman–Crippen LogP) is 3.18. The molecule has 1 aliphatic carbocycles. The van der Waals surface area contributed by atoms with E-state index in [1.54, 1.807) is 17.2 Å². The molecule has 162 valence electrons. The fourth-order valence-corrected chi connectivity index (χ4v) is 5.89. The van der Waals surface area contributed by atoms with Gasteiger partial charge in [-0.3, -0.25) is 9.48 Å². The molecule has 4 heterocycles. The van der Waals surface area contributed by atoms with E-state index in [1.165, 1.54) is 44.3 Å². The van der Waals surface area contributed by atoms with Crippen LogP contribution in [0.4, 0.5) is 0 Å². The number of aryl methyl sites for hydroxylation is 1. The maximum Gasteiger partial charge on any atom is 0.257 e. The Morgan fingerprint density at radius 2 is 1.93 bits per heavy atom. The minimum Gasteiger partial charge on any atom is -0.348 e. The van der Waals surface area contributed by atoms with Crippen molar-refractivity contribution in [3.63, 3.8) is 0 Å². The Hall–Kier alpha value is -2.15. The largest absolute Gasteiger partial charge is 0.348 e. The predicted molar refractivity (Wildman–Crippen MR) is 115 cm³/mol. The maximum atomic E-state index is 13.3. The minimum atomic E-state index is 0.0736. The molecule has 1 unspecified atom stereocenters. The van der Waals surface area contributed by atoms with E-state index in [-0.39, 0.29) is 11.9 Å². The topological polar surface area (TPSA) is 70.1 Å². The smallest absolute Gasteiger partial charge is 0.257 e. The van der Waals surface area contributed by atoms with Gasteiger partial charge in [0, 0.05) is 38.4 Å². The Labute approximate surface area is 178 Å². The number of likely N-dealkylation sites (tertiary alicyclic amines) is 1. The summed E-state index contributed by atoms with van der Waals surface area (Å²) in [4.78, 5) is 26.1. The van der Waals surface area contributed by atoms with E-state index in [2.05, 4.69) is 24.9 Å². The van der Waals surface area contributed by atoms with Gasteiger partial charge in [-0.05, 0) is 50.6 Å². The zero-order chi connectivity index (χ0) is 20.5. The SMILES string of the molecule is Cn1cc(C(=O)N2CCc3[nH]cnc3C2C2CCN(CC3CCCCC3)CC2)cn1. The summed E-state index contributed by atoms with van der Waals surface area (Å²) in [5.74, 6) is 1.45. The summed E-state index contributed by atoms with van der Waals surface area (Å²) in [6.07, 6.45) is 15.5.